The lowest BCUT2D eigenvalue weighted by atomic mass is 9.87. The summed E-state index contributed by atoms with van der Waals surface area (Å²) in [6.45, 7) is 11.4. The van der Waals surface area contributed by atoms with E-state index in [0.29, 0.717) is 55.4 Å². The predicted octanol–water partition coefficient (Wildman–Crippen LogP) is 7.23. The highest BCUT2D eigenvalue weighted by atomic mass is 32.2. The SMILES string of the molecule is CCCc1cc(C(O)(CC)CC)ccc1O.CCCc1cc(C(O)(CC)CC)ccc1OS(=O)(=O)C(F)(F)F. The molecule has 0 amide bonds. The highest BCUT2D eigenvalue weighted by Gasteiger charge is 2.48. The first-order valence-corrected chi connectivity index (χ1v) is 14.9. The van der Waals surface area contributed by atoms with E-state index in [1.54, 1.807) is 26.8 Å². The van der Waals surface area contributed by atoms with E-state index in [2.05, 4.69) is 11.1 Å². The Balaban J connectivity index is 0.000000416. The van der Waals surface area contributed by atoms with Crippen molar-refractivity contribution in [2.45, 2.75) is 110 Å². The monoisotopic (exact) mass is 576 g/mol. The van der Waals surface area contributed by atoms with Crippen molar-refractivity contribution in [3.05, 3.63) is 58.7 Å². The standard InChI is InChI=1S/C15H21F3O4S.C14H22O2/c1-4-7-11-10-12(14(19,5-2)6-3)8-9-13(11)22-23(20,21)15(16,17)18;1-4-7-11-10-12(8-9-13(11)15)14(16,5-2)6-3/h8-10,19H,4-7H2,1-3H3;8-10,15-16H,4-7H2,1-3H3. The molecule has 10 heteroatoms. The van der Waals surface area contributed by atoms with Crippen molar-refractivity contribution in [3.63, 3.8) is 0 Å². The third-order valence-electron chi connectivity index (χ3n) is 7.08. The number of aryl methyl sites for hydroxylation is 2. The summed E-state index contributed by atoms with van der Waals surface area (Å²) in [5.41, 5.74) is -4.65. The van der Waals surface area contributed by atoms with Crippen LogP contribution in [0.2, 0.25) is 0 Å². The van der Waals surface area contributed by atoms with E-state index in [1.807, 2.05) is 26.0 Å². The summed E-state index contributed by atoms with van der Waals surface area (Å²) in [7, 11) is -5.71. The third-order valence-corrected chi connectivity index (χ3v) is 8.04. The molecule has 0 aliphatic rings. The number of aromatic hydroxyl groups is 1. The molecule has 0 saturated heterocycles. The average molecular weight is 577 g/mol. The molecule has 0 saturated carbocycles. The Hall–Kier alpha value is -2.30. The van der Waals surface area contributed by atoms with Gasteiger partial charge >= 0.3 is 15.6 Å². The van der Waals surface area contributed by atoms with Gasteiger partial charge in [0.15, 0.2) is 0 Å². The molecule has 2 aromatic carbocycles. The van der Waals surface area contributed by atoms with E-state index < -0.39 is 26.8 Å². The molecule has 0 fully saturated rings. The Morgan fingerprint density at radius 1 is 0.718 bits per heavy atom. The molecule has 0 aliphatic carbocycles. The van der Waals surface area contributed by atoms with Crippen molar-refractivity contribution in [1.82, 2.24) is 0 Å². The zero-order valence-electron chi connectivity index (χ0n) is 23.7. The third kappa shape index (κ3) is 8.85. The largest absolute Gasteiger partial charge is 0.534 e. The molecule has 3 N–H and O–H groups in total. The number of benzene rings is 2. The molecule has 6 nitrogen and oxygen atoms in total. The van der Waals surface area contributed by atoms with Crippen LogP contribution in [0.3, 0.4) is 0 Å². The Kier molecular flexibility index (Phi) is 12.8. The lowest BCUT2D eigenvalue weighted by Gasteiger charge is -2.27. The normalized spacial score (nSPS) is 12.6. The van der Waals surface area contributed by atoms with Gasteiger partial charge in [0.1, 0.15) is 11.5 Å². The van der Waals surface area contributed by atoms with Crippen LogP contribution in [0.15, 0.2) is 36.4 Å². The summed E-state index contributed by atoms with van der Waals surface area (Å²) in [6.07, 6.45) is 5.01. The molecule has 0 atom stereocenters. The molecule has 39 heavy (non-hydrogen) atoms. The predicted molar refractivity (Wildman–Crippen MR) is 147 cm³/mol. The summed E-state index contributed by atoms with van der Waals surface area (Å²) in [5.74, 6) is -0.0253. The van der Waals surface area contributed by atoms with Crippen LogP contribution in [-0.2, 0) is 34.2 Å². The first-order chi connectivity index (χ1) is 18.1. The van der Waals surface area contributed by atoms with Crippen LogP contribution in [0.1, 0.15) is 102 Å². The lowest BCUT2D eigenvalue weighted by molar-refractivity contribution is -0.0500. The van der Waals surface area contributed by atoms with Gasteiger partial charge in [0.25, 0.3) is 0 Å². The van der Waals surface area contributed by atoms with Crippen LogP contribution in [0.5, 0.6) is 11.5 Å². The quantitative estimate of drug-likeness (QED) is 0.182. The number of alkyl halides is 3. The zero-order valence-corrected chi connectivity index (χ0v) is 24.5. The van der Waals surface area contributed by atoms with Crippen LogP contribution in [0.25, 0.3) is 0 Å². The molecule has 0 aliphatic heterocycles. The van der Waals surface area contributed by atoms with Gasteiger partial charge < -0.3 is 19.5 Å². The van der Waals surface area contributed by atoms with Crippen molar-refractivity contribution in [3.8, 4) is 11.5 Å². The summed E-state index contributed by atoms with van der Waals surface area (Å²) < 4.78 is 64.0. The molecule has 222 valence electrons. The molecule has 0 unspecified atom stereocenters. The molecular formula is C29H43F3O6S. The van der Waals surface area contributed by atoms with Crippen LogP contribution in [0, 0.1) is 0 Å². The zero-order chi connectivity index (χ0) is 30.1. The van der Waals surface area contributed by atoms with Gasteiger partial charge in [-0.05, 0) is 85.0 Å². The number of phenols is 1. The number of aliphatic hydroxyl groups is 2. The maximum Gasteiger partial charge on any atom is 0.534 e. The van der Waals surface area contributed by atoms with E-state index in [0.717, 1.165) is 24.0 Å². The molecule has 0 radical (unpaired) electrons. The van der Waals surface area contributed by atoms with Gasteiger partial charge in [0, 0.05) is 0 Å². The van der Waals surface area contributed by atoms with Crippen molar-refractivity contribution in [2.75, 3.05) is 0 Å². The van der Waals surface area contributed by atoms with Gasteiger partial charge in [-0.1, -0.05) is 66.5 Å². The Morgan fingerprint density at radius 2 is 1.13 bits per heavy atom. The van der Waals surface area contributed by atoms with Gasteiger partial charge in [-0.15, -0.1) is 0 Å². The molecule has 2 aromatic rings. The molecule has 0 aromatic heterocycles. The van der Waals surface area contributed by atoms with Gasteiger partial charge in [0.05, 0.1) is 11.2 Å². The molecular weight excluding hydrogens is 533 g/mol. The maximum atomic E-state index is 12.5. The Bertz CT molecular complexity index is 1150. The smallest absolute Gasteiger partial charge is 0.508 e. The van der Waals surface area contributed by atoms with Gasteiger partial charge in [-0.2, -0.15) is 21.6 Å². The second-order valence-corrected chi connectivity index (χ2v) is 11.2. The highest BCUT2D eigenvalue weighted by molar-refractivity contribution is 7.88. The molecule has 0 bridgehead atoms. The average Bonchev–Trinajstić information content (AvgIpc) is 2.89. The molecule has 2 rings (SSSR count). The van der Waals surface area contributed by atoms with Crippen molar-refractivity contribution in [1.29, 1.82) is 0 Å². The minimum absolute atomic E-state index is 0.318. The number of phenolic OH excluding ortho intramolecular Hbond substituents is 1. The van der Waals surface area contributed by atoms with Gasteiger partial charge in [-0.25, -0.2) is 0 Å². The lowest BCUT2D eigenvalue weighted by Crippen LogP contribution is -2.28. The highest BCUT2D eigenvalue weighted by Crippen LogP contribution is 2.35. The summed E-state index contributed by atoms with van der Waals surface area (Å²) in [6, 6.07) is 9.52. The number of hydrogen-bond donors (Lipinski definition) is 3. The van der Waals surface area contributed by atoms with Gasteiger partial charge in [0.2, 0.25) is 0 Å². The number of halogens is 3. The van der Waals surface area contributed by atoms with E-state index in [-0.39, 0.29) is 5.75 Å². The number of hydrogen-bond acceptors (Lipinski definition) is 6. The van der Waals surface area contributed by atoms with E-state index in [9.17, 15) is 36.9 Å². The Labute approximate surface area is 231 Å². The number of rotatable bonds is 12. The Morgan fingerprint density at radius 3 is 1.54 bits per heavy atom. The van der Waals surface area contributed by atoms with Crippen molar-refractivity contribution >= 4 is 10.1 Å². The fraction of sp³-hybridized carbons (Fsp3) is 0.586. The minimum Gasteiger partial charge on any atom is -0.508 e. The minimum atomic E-state index is -5.71. The summed E-state index contributed by atoms with van der Waals surface area (Å²) in [4.78, 5) is 0. The first-order valence-electron chi connectivity index (χ1n) is 13.5. The summed E-state index contributed by atoms with van der Waals surface area (Å²) in [5, 5.41) is 30.6. The van der Waals surface area contributed by atoms with Gasteiger partial charge in [-0.3, -0.25) is 0 Å². The molecule has 0 spiro atoms. The van der Waals surface area contributed by atoms with Crippen LogP contribution < -0.4 is 4.18 Å². The van der Waals surface area contributed by atoms with E-state index >= 15 is 0 Å². The topological polar surface area (TPSA) is 104 Å². The van der Waals surface area contributed by atoms with Crippen molar-refractivity contribution < 1.29 is 41.1 Å². The fourth-order valence-electron chi connectivity index (χ4n) is 4.24. The van der Waals surface area contributed by atoms with Crippen LogP contribution in [-0.4, -0.2) is 29.2 Å². The van der Waals surface area contributed by atoms with E-state index in [4.69, 9.17) is 0 Å². The first kappa shape index (κ1) is 34.7. The van der Waals surface area contributed by atoms with Crippen LogP contribution >= 0.6 is 0 Å². The van der Waals surface area contributed by atoms with Crippen molar-refractivity contribution in [2.24, 2.45) is 0 Å². The maximum absolute atomic E-state index is 12.5. The second kappa shape index (κ2) is 14.4. The summed E-state index contributed by atoms with van der Waals surface area (Å²) >= 11 is 0. The van der Waals surface area contributed by atoms with E-state index in [1.165, 1.54) is 18.2 Å². The molecule has 0 heterocycles. The fourth-order valence-corrected chi connectivity index (χ4v) is 4.73. The second-order valence-electron chi connectivity index (χ2n) is 9.63. The van der Waals surface area contributed by atoms with Crippen LogP contribution in [0.4, 0.5) is 13.2 Å².